The number of para-hydroxylation sites is 1. The number of hydrogen-bond acceptors (Lipinski definition) is 2. The summed E-state index contributed by atoms with van der Waals surface area (Å²) in [5, 5.41) is 9.97. The summed E-state index contributed by atoms with van der Waals surface area (Å²) >= 11 is 9.57. The Hall–Kier alpha value is -1.52. The Morgan fingerprint density at radius 1 is 1.24 bits per heavy atom. The first-order valence-corrected chi connectivity index (χ1v) is 7.99. The fourth-order valence-electron chi connectivity index (χ4n) is 2.38. The van der Waals surface area contributed by atoms with Gasteiger partial charge in [0.2, 0.25) is 0 Å². The number of fused-ring (bicyclic) bond motifs is 1. The molecule has 0 aliphatic carbocycles. The molecule has 0 aliphatic heterocycles. The van der Waals surface area contributed by atoms with Gasteiger partial charge in [-0.1, -0.05) is 29.8 Å². The van der Waals surface area contributed by atoms with E-state index in [-0.39, 0.29) is 0 Å². The molecule has 0 spiro atoms. The molecular formula is C16H15BrClN3. The molecule has 2 aromatic carbocycles. The maximum absolute atomic E-state index is 6.04. The Balaban J connectivity index is 1.90. The third kappa shape index (κ3) is 2.92. The summed E-state index contributed by atoms with van der Waals surface area (Å²) in [6.07, 6.45) is 0. The number of nitrogens with zero attached hydrogens (tertiary/aromatic N) is 2. The number of benzene rings is 2. The van der Waals surface area contributed by atoms with E-state index in [1.54, 1.807) is 0 Å². The van der Waals surface area contributed by atoms with E-state index in [1.807, 2.05) is 35.0 Å². The van der Waals surface area contributed by atoms with Crippen LogP contribution >= 0.6 is 27.5 Å². The van der Waals surface area contributed by atoms with Gasteiger partial charge in [-0.15, -0.1) is 0 Å². The second-order valence-corrected chi connectivity index (χ2v) is 6.05. The summed E-state index contributed by atoms with van der Waals surface area (Å²) in [6.45, 7) is 3.62. The molecule has 0 amide bonds. The van der Waals surface area contributed by atoms with Crippen molar-refractivity contribution >= 4 is 44.1 Å². The molecule has 1 heterocycles. The highest BCUT2D eigenvalue weighted by Crippen LogP contribution is 2.27. The van der Waals surface area contributed by atoms with Crippen molar-refractivity contribution in [3.8, 4) is 0 Å². The molecular weight excluding hydrogens is 350 g/mol. The zero-order valence-electron chi connectivity index (χ0n) is 11.6. The lowest BCUT2D eigenvalue weighted by Gasteiger charge is -2.07. The van der Waals surface area contributed by atoms with Gasteiger partial charge >= 0.3 is 0 Å². The van der Waals surface area contributed by atoms with Gasteiger partial charge in [0, 0.05) is 21.4 Å². The quantitative estimate of drug-likeness (QED) is 0.699. The van der Waals surface area contributed by atoms with Crippen molar-refractivity contribution in [3.63, 3.8) is 0 Å². The Bertz CT molecular complexity index is 782. The van der Waals surface area contributed by atoms with Crippen molar-refractivity contribution in [2.75, 3.05) is 5.32 Å². The third-order valence-electron chi connectivity index (χ3n) is 3.41. The Morgan fingerprint density at radius 2 is 2.05 bits per heavy atom. The van der Waals surface area contributed by atoms with Gasteiger partial charge in [-0.25, -0.2) is 0 Å². The molecule has 3 aromatic rings. The molecule has 1 N–H and O–H groups in total. The summed E-state index contributed by atoms with van der Waals surface area (Å²) in [4.78, 5) is 0. The summed E-state index contributed by atoms with van der Waals surface area (Å²) in [6, 6.07) is 14.0. The molecule has 5 heteroatoms. The molecule has 0 atom stereocenters. The standard InChI is InChI=1S/C16H15BrClN3/c1-2-21-16-6-4-3-5-12(16)15(20-21)10-19-14-9-11(18)7-8-13(14)17/h3-9,19H,2,10H2,1H3. The molecule has 108 valence electrons. The van der Waals surface area contributed by atoms with Crippen molar-refractivity contribution in [3.05, 3.63) is 57.7 Å². The number of aryl methyl sites for hydroxylation is 1. The average molecular weight is 365 g/mol. The summed E-state index contributed by atoms with van der Waals surface area (Å²) < 4.78 is 3.02. The minimum absolute atomic E-state index is 0.659. The van der Waals surface area contributed by atoms with Crippen LogP contribution < -0.4 is 5.32 Å². The summed E-state index contributed by atoms with van der Waals surface area (Å²) in [5.74, 6) is 0. The molecule has 0 aliphatic rings. The lowest BCUT2D eigenvalue weighted by molar-refractivity contribution is 0.671. The maximum Gasteiger partial charge on any atom is 0.0894 e. The van der Waals surface area contributed by atoms with Crippen molar-refractivity contribution in [1.82, 2.24) is 9.78 Å². The second-order valence-electron chi connectivity index (χ2n) is 4.76. The normalized spacial score (nSPS) is 11.0. The Morgan fingerprint density at radius 3 is 2.86 bits per heavy atom. The van der Waals surface area contributed by atoms with Crippen LogP contribution in [-0.2, 0) is 13.1 Å². The van der Waals surface area contributed by atoms with Gasteiger partial charge in [-0.3, -0.25) is 4.68 Å². The number of halogens is 2. The molecule has 21 heavy (non-hydrogen) atoms. The van der Waals surface area contributed by atoms with E-state index in [1.165, 1.54) is 10.9 Å². The molecule has 0 radical (unpaired) electrons. The van der Waals surface area contributed by atoms with Crippen molar-refractivity contribution in [2.24, 2.45) is 0 Å². The van der Waals surface area contributed by atoms with Gasteiger partial charge in [0.05, 0.1) is 23.4 Å². The smallest absolute Gasteiger partial charge is 0.0894 e. The molecule has 0 saturated carbocycles. The van der Waals surface area contributed by atoms with E-state index < -0.39 is 0 Å². The Kier molecular flexibility index (Phi) is 4.17. The first kappa shape index (κ1) is 14.4. The predicted octanol–water partition coefficient (Wildman–Crippen LogP) is 5.08. The average Bonchev–Trinajstić information content (AvgIpc) is 2.86. The lowest BCUT2D eigenvalue weighted by atomic mass is 10.2. The van der Waals surface area contributed by atoms with Gasteiger partial charge in [-0.05, 0) is 47.1 Å². The number of hydrogen-bond donors (Lipinski definition) is 1. The van der Waals surface area contributed by atoms with Gasteiger partial charge in [0.25, 0.3) is 0 Å². The van der Waals surface area contributed by atoms with Crippen LogP contribution in [0.2, 0.25) is 5.02 Å². The number of nitrogens with one attached hydrogen (secondary N) is 1. The van der Waals surface area contributed by atoms with Crippen molar-refractivity contribution in [1.29, 1.82) is 0 Å². The maximum atomic E-state index is 6.04. The summed E-state index contributed by atoms with van der Waals surface area (Å²) in [7, 11) is 0. The molecule has 0 fully saturated rings. The highest BCUT2D eigenvalue weighted by Gasteiger charge is 2.09. The van der Waals surface area contributed by atoms with Crippen LogP contribution in [0.15, 0.2) is 46.9 Å². The topological polar surface area (TPSA) is 29.9 Å². The van der Waals surface area contributed by atoms with Gasteiger partial charge in [0.15, 0.2) is 0 Å². The molecule has 3 rings (SSSR count). The van der Waals surface area contributed by atoms with E-state index in [9.17, 15) is 0 Å². The van der Waals surface area contributed by atoms with E-state index in [2.05, 4.69) is 45.4 Å². The van der Waals surface area contributed by atoms with E-state index >= 15 is 0 Å². The fourth-order valence-corrected chi connectivity index (χ4v) is 2.94. The van der Waals surface area contributed by atoms with Crippen LogP contribution in [0.25, 0.3) is 10.9 Å². The third-order valence-corrected chi connectivity index (χ3v) is 4.34. The van der Waals surface area contributed by atoms with Crippen LogP contribution in [0, 0.1) is 0 Å². The van der Waals surface area contributed by atoms with Crippen LogP contribution in [0.1, 0.15) is 12.6 Å². The fraction of sp³-hybridized carbons (Fsp3) is 0.188. The minimum Gasteiger partial charge on any atom is -0.378 e. The summed E-state index contributed by atoms with van der Waals surface area (Å²) in [5.41, 5.74) is 3.18. The number of anilines is 1. The predicted molar refractivity (Wildman–Crippen MR) is 91.9 cm³/mol. The van der Waals surface area contributed by atoms with Crippen LogP contribution in [0.5, 0.6) is 0 Å². The van der Waals surface area contributed by atoms with Gasteiger partial charge in [0.1, 0.15) is 0 Å². The largest absolute Gasteiger partial charge is 0.378 e. The van der Waals surface area contributed by atoms with E-state index in [0.29, 0.717) is 11.6 Å². The molecule has 0 unspecified atom stereocenters. The first-order valence-electron chi connectivity index (χ1n) is 6.82. The van der Waals surface area contributed by atoms with E-state index in [0.717, 1.165) is 22.4 Å². The van der Waals surface area contributed by atoms with Crippen molar-refractivity contribution in [2.45, 2.75) is 20.0 Å². The highest BCUT2D eigenvalue weighted by molar-refractivity contribution is 9.10. The van der Waals surface area contributed by atoms with E-state index in [4.69, 9.17) is 11.6 Å². The van der Waals surface area contributed by atoms with Crippen LogP contribution in [0.3, 0.4) is 0 Å². The van der Waals surface area contributed by atoms with Gasteiger partial charge in [-0.2, -0.15) is 5.10 Å². The Labute approximate surface area is 137 Å². The van der Waals surface area contributed by atoms with Gasteiger partial charge < -0.3 is 5.32 Å². The SMILES string of the molecule is CCn1nc(CNc2cc(Cl)ccc2Br)c2ccccc21. The molecule has 0 bridgehead atoms. The lowest BCUT2D eigenvalue weighted by Crippen LogP contribution is -2.03. The number of aromatic nitrogens is 2. The zero-order valence-corrected chi connectivity index (χ0v) is 13.9. The zero-order chi connectivity index (χ0) is 14.8. The highest BCUT2D eigenvalue weighted by atomic mass is 79.9. The van der Waals surface area contributed by atoms with Crippen LogP contribution in [0.4, 0.5) is 5.69 Å². The molecule has 0 saturated heterocycles. The first-order chi connectivity index (χ1) is 10.2. The van der Waals surface area contributed by atoms with Crippen molar-refractivity contribution < 1.29 is 0 Å². The second kappa shape index (κ2) is 6.08. The minimum atomic E-state index is 0.659. The monoisotopic (exact) mass is 363 g/mol. The molecule has 1 aromatic heterocycles. The van der Waals surface area contributed by atoms with Crippen LogP contribution in [-0.4, -0.2) is 9.78 Å². The number of rotatable bonds is 4. The molecule has 3 nitrogen and oxygen atoms in total.